The van der Waals surface area contributed by atoms with Crippen molar-refractivity contribution in [3.05, 3.63) is 0 Å². The van der Waals surface area contributed by atoms with Gasteiger partial charge in [0.15, 0.2) is 0 Å². The largest absolute Gasteiger partial charge is 0.355 e. The predicted octanol–water partition coefficient (Wildman–Crippen LogP) is 0.729. The van der Waals surface area contributed by atoms with Crippen LogP contribution >= 0.6 is 0 Å². The van der Waals surface area contributed by atoms with Crippen LogP contribution in [0, 0.1) is 0 Å². The van der Waals surface area contributed by atoms with E-state index < -0.39 is 0 Å². The second kappa shape index (κ2) is 6.36. The van der Waals surface area contributed by atoms with Gasteiger partial charge in [0.25, 0.3) is 0 Å². The lowest BCUT2D eigenvalue weighted by Crippen LogP contribution is -2.53. The first kappa shape index (κ1) is 12.8. The van der Waals surface area contributed by atoms with Crippen molar-refractivity contribution >= 4 is 5.91 Å². The molecule has 2 heterocycles. The molecule has 2 saturated heterocycles. The zero-order valence-electron chi connectivity index (χ0n) is 10.9. The topological polar surface area (TPSA) is 44.4 Å². The molecule has 4 nitrogen and oxygen atoms in total. The number of likely N-dealkylation sites (N-methyl/N-ethyl adjacent to an activating group) is 1. The summed E-state index contributed by atoms with van der Waals surface area (Å²) in [5, 5.41) is 6.45. The molecule has 0 aromatic carbocycles. The molecular weight excluding hydrogens is 214 g/mol. The predicted molar refractivity (Wildman–Crippen MR) is 68.9 cm³/mol. The number of piperidine rings is 1. The van der Waals surface area contributed by atoms with E-state index in [4.69, 9.17) is 0 Å². The highest BCUT2D eigenvalue weighted by molar-refractivity contribution is 5.82. The average Bonchev–Trinajstić information content (AvgIpc) is 2.58. The zero-order valence-corrected chi connectivity index (χ0v) is 10.9. The summed E-state index contributed by atoms with van der Waals surface area (Å²) in [5.74, 6) is 0.253. The van der Waals surface area contributed by atoms with Crippen LogP contribution in [0.4, 0.5) is 0 Å². The van der Waals surface area contributed by atoms with Gasteiger partial charge in [-0.25, -0.2) is 0 Å². The molecule has 17 heavy (non-hydrogen) atoms. The van der Waals surface area contributed by atoms with Crippen LogP contribution in [0.15, 0.2) is 0 Å². The standard InChI is InChI=1S/C13H25N3O/c1-2-16(11-6-9-14-10-7-11)12-5-3-4-8-15-13(12)17/h11-12,14H,2-10H2,1H3,(H,15,17). The van der Waals surface area contributed by atoms with Crippen molar-refractivity contribution in [1.29, 1.82) is 0 Å². The van der Waals surface area contributed by atoms with Crippen LogP contribution in [-0.2, 0) is 4.79 Å². The van der Waals surface area contributed by atoms with Gasteiger partial charge in [-0.15, -0.1) is 0 Å². The Morgan fingerprint density at radius 2 is 1.94 bits per heavy atom. The van der Waals surface area contributed by atoms with E-state index in [1.165, 1.54) is 19.3 Å². The van der Waals surface area contributed by atoms with Gasteiger partial charge in [0, 0.05) is 12.6 Å². The van der Waals surface area contributed by atoms with Gasteiger partial charge >= 0.3 is 0 Å². The number of carbonyl (C=O) groups is 1. The molecule has 0 aromatic rings. The molecular formula is C13H25N3O. The van der Waals surface area contributed by atoms with Gasteiger partial charge in [-0.2, -0.15) is 0 Å². The molecule has 2 aliphatic heterocycles. The summed E-state index contributed by atoms with van der Waals surface area (Å²) < 4.78 is 0. The van der Waals surface area contributed by atoms with E-state index in [1.807, 2.05) is 0 Å². The number of amides is 1. The maximum atomic E-state index is 12.1. The monoisotopic (exact) mass is 239 g/mol. The van der Waals surface area contributed by atoms with Crippen molar-refractivity contribution in [2.75, 3.05) is 26.2 Å². The fourth-order valence-electron chi connectivity index (χ4n) is 3.11. The summed E-state index contributed by atoms with van der Waals surface area (Å²) in [4.78, 5) is 14.5. The Morgan fingerprint density at radius 3 is 2.65 bits per heavy atom. The van der Waals surface area contributed by atoms with Gasteiger partial charge in [0.2, 0.25) is 5.91 Å². The summed E-state index contributed by atoms with van der Waals surface area (Å²) in [5.41, 5.74) is 0. The van der Waals surface area contributed by atoms with Crippen LogP contribution in [0.1, 0.15) is 39.0 Å². The Morgan fingerprint density at radius 1 is 1.18 bits per heavy atom. The fraction of sp³-hybridized carbons (Fsp3) is 0.923. The zero-order chi connectivity index (χ0) is 12.1. The number of rotatable bonds is 3. The van der Waals surface area contributed by atoms with Crippen LogP contribution in [0.25, 0.3) is 0 Å². The van der Waals surface area contributed by atoms with Gasteiger partial charge in [0.1, 0.15) is 0 Å². The van der Waals surface area contributed by atoms with Crippen molar-refractivity contribution in [1.82, 2.24) is 15.5 Å². The van der Waals surface area contributed by atoms with Gasteiger partial charge < -0.3 is 10.6 Å². The number of nitrogens with one attached hydrogen (secondary N) is 2. The lowest BCUT2D eigenvalue weighted by Gasteiger charge is -2.38. The third-order valence-electron chi connectivity index (χ3n) is 4.05. The SMILES string of the molecule is CCN(C1CCNCC1)C1CCCCNC1=O. The quantitative estimate of drug-likeness (QED) is 0.763. The first-order valence-electron chi connectivity index (χ1n) is 7.07. The Balaban J connectivity index is 2.01. The molecule has 0 bridgehead atoms. The lowest BCUT2D eigenvalue weighted by atomic mass is 10.00. The molecule has 0 aromatic heterocycles. The van der Waals surface area contributed by atoms with Crippen LogP contribution in [0.3, 0.4) is 0 Å². The molecule has 2 aliphatic rings. The summed E-state index contributed by atoms with van der Waals surface area (Å²) in [6.45, 7) is 6.22. The molecule has 2 fully saturated rings. The van der Waals surface area contributed by atoms with Crippen molar-refractivity contribution in [3.8, 4) is 0 Å². The van der Waals surface area contributed by atoms with Crippen LogP contribution in [-0.4, -0.2) is 49.1 Å². The number of hydrogen-bond acceptors (Lipinski definition) is 3. The van der Waals surface area contributed by atoms with Crippen LogP contribution < -0.4 is 10.6 Å². The van der Waals surface area contributed by atoms with Crippen LogP contribution in [0.5, 0.6) is 0 Å². The molecule has 4 heteroatoms. The summed E-state index contributed by atoms with van der Waals surface area (Å²) in [7, 11) is 0. The van der Waals surface area contributed by atoms with E-state index in [0.717, 1.165) is 39.0 Å². The molecule has 98 valence electrons. The Labute approximate surface area is 104 Å². The van der Waals surface area contributed by atoms with E-state index in [2.05, 4.69) is 22.5 Å². The minimum absolute atomic E-state index is 0.116. The second-order valence-electron chi connectivity index (χ2n) is 5.11. The normalized spacial score (nSPS) is 27.9. The fourth-order valence-corrected chi connectivity index (χ4v) is 3.11. The molecule has 1 unspecified atom stereocenters. The van der Waals surface area contributed by atoms with Crippen LogP contribution in [0.2, 0.25) is 0 Å². The minimum atomic E-state index is 0.116. The number of nitrogens with zero attached hydrogens (tertiary/aromatic N) is 1. The average molecular weight is 239 g/mol. The van der Waals surface area contributed by atoms with Gasteiger partial charge in [-0.05, 0) is 51.7 Å². The highest BCUT2D eigenvalue weighted by atomic mass is 16.2. The highest BCUT2D eigenvalue weighted by Gasteiger charge is 2.31. The molecule has 2 N–H and O–H groups in total. The molecule has 0 aliphatic carbocycles. The highest BCUT2D eigenvalue weighted by Crippen LogP contribution is 2.19. The summed E-state index contributed by atoms with van der Waals surface area (Å²) in [6, 6.07) is 0.709. The van der Waals surface area contributed by atoms with Crippen molar-refractivity contribution in [2.24, 2.45) is 0 Å². The molecule has 0 radical (unpaired) electrons. The maximum absolute atomic E-state index is 12.1. The molecule has 0 saturated carbocycles. The van der Waals surface area contributed by atoms with Gasteiger partial charge in [-0.1, -0.05) is 6.92 Å². The molecule has 1 atom stereocenters. The Kier molecular flexibility index (Phi) is 4.80. The second-order valence-corrected chi connectivity index (χ2v) is 5.11. The van der Waals surface area contributed by atoms with E-state index in [-0.39, 0.29) is 11.9 Å². The van der Waals surface area contributed by atoms with E-state index in [1.54, 1.807) is 0 Å². The lowest BCUT2D eigenvalue weighted by molar-refractivity contribution is -0.127. The summed E-state index contributed by atoms with van der Waals surface area (Å²) >= 11 is 0. The van der Waals surface area contributed by atoms with E-state index in [9.17, 15) is 4.79 Å². The third kappa shape index (κ3) is 3.19. The first-order chi connectivity index (χ1) is 8.33. The Hall–Kier alpha value is -0.610. The molecule has 0 spiro atoms. The number of hydrogen-bond donors (Lipinski definition) is 2. The smallest absolute Gasteiger partial charge is 0.237 e. The first-order valence-corrected chi connectivity index (χ1v) is 7.07. The van der Waals surface area contributed by atoms with E-state index >= 15 is 0 Å². The number of carbonyl (C=O) groups excluding carboxylic acids is 1. The van der Waals surface area contributed by atoms with Crippen molar-refractivity contribution < 1.29 is 4.79 Å². The third-order valence-corrected chi connectivity index (χ3v) is 4.05. The Bertz CT molecular complexity index is 251. The minimum Gasteiger partial charge on any atom is -0.355 e. The molecule has 2 rings (SSSR count). The molecule has 1 amide bonds. The van der Waals surface area contributed by atoms with Crippen molar-refractivity contribution in [3.63, 3.8) is 0 Å². The summed E-state index contributed by atoms with van der Waals surface area (Å²) in [6.07, 6.45) is 5.69. The maximum Gasteiger partial charge on any atom is 0.237 e. The van der Waals surface area contributed by atoms with Crippen molar-refractivity contribution in [2.45, 2.75) is 51.1 Å². The van der Waals surface area contributed by atoms with E-state index in [0.29, 0.717) is 6.04 Å². The van der Waals surface area contributed by atoms with Gasteiger partial charge in [0.05, 0.1) is 6.04 Å². The van der Waals surface area contributed by atoms with Gasteiger partial charge in [-0.3, -0.25) is 9.69 Å².